The molecule has 2 aromatic heterocycles. The molecule has 0 saturated carbocycles. The number of pyridine rings is 1. The van der Waals surface area contributed by atoms with Crippen LogP contribution in [0.25, 0.3) is 0 Å². The Labute approximate surface area is 112 Å². The van der Waals surface area contributed by atoms with Gasteiger partial charge in [-0.25, -0.2) is 0 Å². The number of hydrogen-bond acceptors (Lipinski definition) is 3. The Bertz CT molecular complexity index is 470. The molecule has 0 aliphatic heterocycles. The fourth-order valence-electron chi connectivity index (χ4n) is 1.92. The highest BCUT2D eigenvalue weighted by molar-refractivity contribution is 6.29. The summed E-state index contributed by atoms with van der Waals surface area (Å²) in [6.45, 7) is 3.10. The number of nitrogens with one attached hydrogen (secondary N) is 1. The Kier molecular flexibility index (Phi) is 4.79. The van der Waals surface area contributed by atoms with Gasteiger partial charge >= 0.3 is 0 Å². The van der Waals surface area contributed by atoms with Gasteiger partial charge in [0.05, 0.1) is 6.26 Å². The molecule has 1 unspecified atom stereocenters. The molecule has 2 aromatic rings. The standard InChI is InChI=1S/C14H17ClN2O/c1-2-6-17-13(12-5-9-18-14(12)15)10-11-3-7-16-8-4-11/h3-5,7-9,13,17H,2,6,10H2,1H3. The summed E-state index contributed by atoms with van der Waals surface area (Å²) in [5, 5.41) is 3.97. The third-order valence-electron chi connectivity index (χ3n) is 2.85. The van der Waals surface area contributed by atoms with Crippen molar-refractivity contribution >= 4 is 11.6 Å². The number of furan rings is 1. The van der Waals surface area contributed by atoms with Crippen LogP contribution < -0.4 is 5.32 Å². The van der Waals surface area contributed by atoms with Gasteiger partial charge in [-0.05, 0) is 54.7 Å². The zero-order valence-corrected chi connectivity index (χ0v) is 11.2. The average molecular weight is 265 g/mol. The number of aromatic nitrogens is 1. The summed E-state index contributed by atoms with van der Waals surface area (Å²) >= 11 is 6.06. The number of nitrogens with zero attached hydrogens (tertiary/aromatic N) is 1. The van der Waals surface area contributed by atoms with Crippen molar-refractivity contribution in [3.05, 3.63) is 53.2 Å². The van der Waals surface area contributed by atoms with E-state index in [2.05, 4.69) is 17.2 Å². The molecule has 0 aliphatic rings. The number of hydrogen-bond donors (Lipinski definition) is 1. The summed E-state index contributed by atoms with van der Waals surface area (Å²) in [5.41, 5.74) is 2.25. The first-order valence-electron chi connectivity index (χ1n) is 6.16. The highest BCUT2D eigenvalue weighted by Gasteiger charge is 2.16. The third-order valence-corrected chi connectivity index (χ3v) is 3.16. The molecule has 0 fully saturated rings. The second-order valence-corrected chi connectivity index (χ2v) is 4.56. The molecule has 0 aliphatic carbocycles. The van der Waals surface area contributed by atoms with Crippen molar-refractivity contribution in [2.24, 2.45) is 0 Å². The fourth-order valence-corrected chi connectivity index (χ4v) is 2.17. The summed E-state index contributed by atoms with van der Waals surface area (Å²) < 4.78 is 5.18. The minimum absolute atomic E-state index is 0.179. The first kappa shape index (κ1) is 13.1. The molecule has 1 N–H and O–H groups in total. The molecule has 4 heteroatoms. The molecule has 1 atom stereocenters. The zero-order valence-electron chi connectivity index (χ0n) is 10.4. The maximum atomic E-state index is 6.06. The van der Waals surface area contributed by atoms with E-state index in [0.29, 0.717) is 5.22 Å². The van der Waals surface area contributed by atoms with Crippen molar-refractivity contribution in [3.8, 4) is 0 Å². The van der Waals surface area contributed by atoms with Crippen molar-refractivity contribution < 1.29 is 4.42 Å². The lowest BCUT2D eigenvalue weighted by Crippen LogP contribution is -2.24. The third kappa shape index (κ3) is 3.34. The molecule has 2 heterocycles. The minimum Gasteiger partial charge on any atom is -0.453 e. The molecular weight excluding hydrogens is 248 g/mol. The largest absolute Gasteiger partial charge is 0.453 e. The Morgan fingerprint density at radius 2 is 2.11 bits per heavy atom. The van der Waals surface area contributed by atoms with Gasteiger partial charge in [0.2, 0.25) is 0 Å². The SMILES string of the molecule is CCCNC(Cc1ccncc1)c1ccoc1Cl. The van der Waals surface area contributed by atoms with E-state index in [9.17, 15) is 0 Å². The second kappa shape index (κ2) is 6.57. The van der Waals surface area contributed by atoms with E-state index < -0.39 is 0 Å². The van der Waals surface area contributed by atoms with E-state index in [1.54, 1.807) is 6.26 Å². The Morgan fingerprint density at radius 3 is 2.72 bits per heavy atom. The fraction of sp³-hybridized carbons (Fsp3) is 0.357. The van der Waals surface area contributed by atoms with Gasteiger partial charge < -0.3 is 9.73 Å². The van der Waals surface area contributed by atoms with Crippen molar-refractivity contribution in [1.82, 2.24) is 10.3 Å². The molecule has 3 nitrogen and oxygen atoms in total. The van der Waals surface area contributed by atoms with Crippen LogP contribution in [-0.2, 0) is 6.42 Å². The molecule has 18 heavy (non-hydrogen) atoms. The molecule has 0 radical (unpaired) electrons. The molecule has 0 aromatic carbocycles. The maximum absolute atomic E-state index is 6.06. The van der Waals surface area contributed by atoms with E-state index in [0.717, 1.165) is 24.9 Å². The molecule has 0 saturated heterocycles. The van der Waals surface area contributed by atoms with Crippen molar-refractivity contribution in [2.45, 2.75) is 25.8 Å². The van der Waals surface area contributed by atoms with Gasteiger partial charge in [-0.2, -0.15) is 0 Å². The van der Waals surface area contributed by atoms with E-state index in [1.165, 1.54) is 5.56 Å². The zero-order chi connectivity index (χ0) is 12.8. The molecule has 2 rings (SSSR count). The van der Waals surface area contributed by atoms with E-state index in [-0.39, 0.29) is 6.04 Å². The smallest absolute Gasteiger partial charge is 0.197 e. The van der Waals surface area contributed by atoms with Crippen molar-refractivity contribution in [1.29, 1.82) is 0 Å². The van der Waals surface area contributed by atoms with Gasteiger partial charge in [-0.15, -0.1) is 0 Å². The normalized spacial score (nSPS) is 12.6. The average Bonchev–Trinajstić information content (AvgIpc) is 2.82. The van der Waals surface area contributed by atoms with E-state index in [4.69, 9.17) is 16.0 Å². The van der Waals surface area contributed by atoms with Crippen LogP contribution in [-0.4, -0.2) is 11.5 Å². The first-order chi connectivity index (χ1) is 8.81. The van der Waals surface area contributed by atoms with Gasteiger partial charge in [-0.3, -0.25) is 4.98 Å². The van der Waals surface area contributed by atoms with Crippen molar-refractivity contribution in [3.63, 3.8) is 0 Å². The summed E-state index contributed by atoms with van der Waals surface area (Å²) in [7, 11) is 0. The quantitative estimate of drug-likeness (QED) is 0.866. The summed E-state index contributed by atoms with van der Waals surface area (Å²) in [6.07, 6.45) is 7.21. The van der Waals surface area contributed by atoms with Crippen molar-refractivity contribution in [2.75, 3.05) is 6.54 Å². The van der Waals surface area contributed by atoms with Gasteiger partial charge in [0.15, 0.2) is 5.22 Å². The lowest BCUT2D eigenvalue weighted by molar-refractivity contribution is 0.513. The van der Waals surface area contributed by atoms with Gasteiger partial charge in [0.1, 0.15) is 0 Å². The Balaban J connectivity index is 2.13. The molecule has 0 bridgehead atoms. The van der Waals surface area contributed by atoms with Crippen LogP contribution in [0.15, 0.2) is 41.3 Å². The number of halogens is 1. The van der Waals surface area contributed by atoms with Crippen LogP contribution in [0, 0.1) is 0 Å². The lowest BCUT2D eigenvalue weighted by atomic mass is 10.0. The predicted molar refractivity (Wildman–Crippen MR) is 72.7 cm³/mol. The highest BCUT2D eigenvalue weighted by Crippen LogP contribution is 2.26. The van der Waals surface area contributed by atoms with E-state index >= 15 is 0 Å². The van der Waals surface area contributed by atoms with Gasteiger partial charge in [-0.1, -0.05) is 6.92 Å². The summed E-state index contributed by atoms with van der Waals surface area (Å²) in [6, 6.07) is 6.15. The van der Waals surface area contributed by atoms with Crippen LogP contribution in [0.5, 0.6) is 0 Å². The predicted octanol–water partition coefficient (Wildman–Crippen LogP) is 3.61. The molecule has 96 valence electrons. The minimum atomic E-state index is 0.179. The highest BCUT2D eigenvalue weighted by atomic mass is 35.5. The summed E-state index contributed by atoms with van der Waals surface area (Å²) in [5.74, 6) is 0. The lowest BCUT2D eigenvalue weighted by Gasteiger charge is -2.17. The maximum Gasteiger partial charge on any atom is 0.197 e. The Morgan fingerprint density at radius 1 is 1.33 bits per heavy atom. The molecule has 0 amide bonds. The van der Waals surface area contributed by atoms with Gasteiger partial charge in [0.25, 0.3) is 0 Å². The topological polar surface area (TPSA) is 38.1 Å². The monoisotopic (exact) mass is 264 g/mol. The van der Waals surface area contributed by atoms with Crippen LogP contribution in [0.2, 0.25) is 5.22 Å². The second-order valence-electron chi connectivity index (χ2n) is 4.22. The molecule has 0 spiro atoms. The van der Waals surface area contributed by atoms with Crippen LogP contribution >= 0.6 is 11.6 Å². The van der Waals surface area contributed by atoms with Gasteiger partial charge in [0, 0.05) is 24.0 Å². The van der Waals surface area contributed by atoms with E-state index in [1.807, 2.05) is 30.6 Å². The molecular formula is C14H17ClN2O. The summed E-state index contributed by atoms with van der Waals surface area (Å²) in [4.78, 5) is 4.03. The van der Waals surface area contributed by atoms with Crippen LogP contribution in [0.1, 0.15) is 30.5 Å². The Hall–Kier alpha value is -1.32. The first-order valence-corrected chi connectivity index (χ1v) is 6.54. The number of rotatable bonds is 6. The van der Waals surface area contributed by atoms with Crippen LogP contribution in [0.4, 0.5) is 0 Å². The van der Waals surface area contributed by atoms with Crippen LogP contribution in [0.3, 0.4) is 0 Å².